The van der Waals surface area contributed by atoms with Crippen molar-refractivity contribution in [2.75, 3.05) is 11.9 Å². The molecule has 0 aromatic heterocycles. The highest BCUT2D eigenvalue weighted by Gasteiger charge is 2.23. The summed E-state index contributed by atoms with van der Waals surface area (Å²) in [5.74, 6) is 0.131. The second kappa shape index (κ2) is 3.59. The molecule has 0 spiro atoms. The van der Waals surface area contributed by atoms with Crippen molar-refractivity contribution in [1.82, 2.24) is 0 Å². The van der Waals surface area contributed by atoms with E-state index in [-0.39, 0.29) is 11.8 Å². The molecular weight excluding hydrogens is 200 g/mol. The summed E-state index contributed by atoms with van der Waals surface area (Å²) in [6.07, 6.45) is 0.463. The van der Waals surface area contributed by atoms with Crippen molar-refractivity contribution in [3.05, 3.63) is 28.8 Å². The predicted octanol–water partition coefficient (Wildman–Crippen LogP) is 1.72. The molecule has 0 saturated heterocycles. The van der Waals surface area contributed by atoms with E-state index in [1.807, 2.05) is 12.1 Å². The molecular formula is C10H11ClN2O. The third-order valence-electron chi connectivity index (χ3n) is 2.45. The fraction of sp³-hybridized carbons (Fsp3) is 0.300. The molecule has 1 aromatic rings. The van der Waals surface area contributed by atoms with E-state index in [0.29, 0.717) is 18.0 Å². The number of fused-ring (bicyclic) bond motifs is 1. The number of anilines is 1. The van der Waals surface area contributed by atoms with Crippen LogP contribution in [-0.2, 0) is 4.79 Å². The van der Waals surface area contributed by atoms with Crippen LogP contribution in [0, 0.1) is 0 Å². The third kappa shape index (κ3) is 1.61. The van der Waals surface area contributed by atoms with Gasteiger partial charge in [-0.1, -0.05) is 17.7 Å². The van der Waals surface area contributed by atoms with Gasteiger partial charge in [0.1, 0.15) is 0 Å². The molecule has 1 unspecified atom stereocenters. The molecule has 1 amide bonds. The van der Waals surface area contributed by atoms with Crippen LogP contribution in [0.15, 0.2) is 18.2 Å². The fourth-order valence-electron chi connectivity index (χ4n) is 1.74. The molecule has 0 radical (unpaired) electrons. The lowest BCUT2D eigenvalue weighted by Gasteiger charge is -2.24. The number of halogens is 1. The van der Waals surface area contributed by atoms with E-state index in [2.05, 4.69) is 5.32 Å². The van der Waals surface area contributed by atoms with E-state index < -0.39 is 0 Å². The summed E-state index contributed by atoms with van der Waals surface area (Å²) in [6.45, 7) is 0.488. The number of amides is 1. The molecule has 1 atom stereocenters. The lowest BCUT2D eigenvalue weighted by Crippen LogP contribution is -2.26. The topological polar surface area (TPSA) is 55.1 Å². The normalized spacial score (nSPS) is 20.1. The van der Waals surface area contributed by atoms with Gasteiger partial charge in [0.15, 0.2) is 0 Å². The number of benzene rings is 1. The van der Waals surface area contributed by atoms with Crippen LogP contribution in [0.1, 0.15) is 17.9 Å². The summed E-state index contributed by atoms with van der Waals surface area (Å²) in [5, 5.41) is 3.41. The molecule has 3 nitrogen and oxygen atoms in total. The fourth-order valence-corrected chi connectivity index (χ4v) is 1.91. The first-order valence-corrected chi connectivity index (χ1v) is 4.88. The van der Waals surface area contributed by atoms with Crippen LogP contribution >= 0.6 is 11.6 Å². The Morgan fingerprint density at radius 1 is 1.57 bits per heavy atom. The lowest BCUT2D eigenvalue weighted by atomic mass is 9.91. The Bertz CT molecular complexity index is 378. The number of hydrogen-bond donors (Lipinski definition) is 2. The number of nitrogens with two attached hydrogens (primary N) is 1. The first-order valence-electron chi connectivity index (χ1n) is 4.50. The van der Waals surface area contributed by atoms with E-state index in [1.165, 1.54) is 0 Å². The summed E-state index contributed by atoms with van der Waals surface area (Å²) < 4.78 is 0. The predicted molar refractivity (Wildman–Crippen MR) is 56.5 cm³/mol. The molecule has 1 heterocycles. The molecule has 0 fully saturated rings. The molecule has 3 N–H and O–H groups in total. The number of rotatable bonds is 1. The van der Waals surface area contributed by atoms with Gasteiger partial charge in [0.2, 0.25) is 5.91 Å². The van der Waals surface area contributed by atoms with E-state index in [4.69, 9.17) is 17.3 Å². The number of nitrogens with one attached hydrogen (secondary N) is 1. The molecule has 2 rings (SSSR count). The number of carbonyl (C=O) groups is 1. The highest BCUT2D eigenvalue weighted by Crippen LogP contribution is 2.33. The van der Waals surface area contributed by atoms with Crippen LogP contribution in [0.25, 0.3) is 0 Å². The molecule has 1 aliphatic rings. The maximum absolute atomic E-state index is 11.3. The number of hydrogen-bond acceptors (Lipinski definition) is 2. The highest BCUT2D eigenvalue weighted by molar-refractivity contribution is 6.31. The highest BCUT2D eigenvalue weighted by atomic mass is 35.5. The Kier molecular flexibility index (Phi) is 2.44. The summed E-state index contributed by atoms with van der Waals surface area (Å²) in [7, 11) is 0. The van der Waals surface area contributed by atoms with Crippen LogP contribution in [0.4, 0.5) is 5.69 Å². The first kappa shape index (κ1) is 9.49. The standard InChI is InChI=1S/C10H11ClN2O/c11-7-1-2-8-6(5-12)3-10(14)13-9(8)4-7/h1-2,4,6H,3,5,12H2,(H,13,14). The van der Waals surface area contributed by atoms with Crippen molar-refractivity contribution in [1.29, 1.82) is 0 Å². The second-order valence-corrected chi connectivity index (χ2v) is 3.85. The van der Waals surface area contributed by atoms with Crippen molar-refractivity contribution in [3.8, 4) is 0 Å². The van der Waals surface area contributed by atoms with Gasteiger partial charge in [0, 0.05) is 23.0 Å². The molecule has 0 aliphatic carbocycles. The average molecular weight is 211 g/mol. The Labute approximate surface area is 87.2 Å². The SMILES string of the molecule is NCC1CC(=O)Nc2cc(Cl)ccc21. The first-order chi connectivity index (χ1) is 6.70. The summed E-state index contributed by atoms with van der Waals surface area (Å²) in [6, 6.07) is 5.51. The monoisotopic (exact) mass is 210 g/mol. The molecule has 0 saturated carbocycles. The third-order valence-corrected chi connectivity index (χ3v) is 2.68. The smallest absolute Gasteiger partial charge is 0.225 e. The van der Waals surface area contributed by atoms with Gasteiger partial charge in [0.05, 0.1) is 0 Å². The largest absolute Gasteiger partial charge is 0.330 e. The quantitative estimate of drug-likeness (QED) is 0.742. The van der Waals surface area contributed by atoms with Crippen molar-refractivity contribution >= 4 is 23.2 Å². The molecule has 4 heteroatoms. The van der Waals surface area contributed by atoms with Gasteiger partial charge in [-0.15, -0.1) is 0 Å². The van der Waals surface area contributed by atoms with Crippen molar-refractivity contribution < 1.29 is 4.79 Å². The molecule has 0 bridgehead atoms. The maximum Gasteiger partial charge on any atom is 0.225 e. The van der Waals surface area contributed by atoms with Gasteiger partial charge in [0.25, 0.3) is 0 Å². The zero-order valence-electron chi connectivity index (χ0n) is 7.59. The Morgan fingerprint density at radius 2 is 2.36 bits per heavy atom. The van der Waals surface area contributed by atoms with Crippen LogP contribution in [0.5, 0.6) is 0 Å². The Morgan fingerprint density at radius 3 is 3.07 bits per heavy atom. The van der Waals surface area contributed by atoms with E-state index in [9.17, 15) is 4.79 Å². The number of carbonyl (C=O) groups excluding carboxylic acids is 1. The minimum atomic E-state index is 0.00946. The minimum absolute atomic E-state index is 0.00946. The van der Waals surface area contributed by atoms with Gasteiger partial charge in [-0.3, -0.25) is 4.79 Å². The van der Waals surface area contributed by atoms with E-state index >= 15 is 0 Å². The van der Waals surface area contributed by atoms with Crippen molar-refractivity contribution in [3.63, 3.8) is 0 Å². The van der Waals surface area contributed by atoms with Gasteiger partial charge >= 0.3 is 0 Å². The second-order valence-electron chi connectivity index (χ2n) is 3.42. The van der Waals surface area contributed by atoms with Crippen LogP contribution in [0.3, 0.4) is 0 Å². The van der Waals surface area contributed by atoms with Gasteiger partial charge in [-0.05, 0) is 24.2 Å². The summed E-state index contributed by atoms with van der Waals surface area (Å²) >= 11 is 5.83. The van der Waals surface area contributed by atoms with Crippen LogP contribution < -0.4 is 11.1 Å². The van der Waals surface area contributed by atoms with E-state index in [1.54, 1.807) is 6.07 Å². The minimum Gasteiger partial charge on any atom is -0.330 e. The maximum atomic E-state index is 11.3. The zero-order chi connectivity index (χ0) is 10.1. The Hall–Kier alpha value is -1.06. The Balaban J connectivity index is 2.45. The van der Waals surface area contributed by atoms with Crippen molar-refractivity contribution in [2.24, 2.45) is 5.73 Å². The van der Waals surface area contributed by atoms with Crippen LogP contribution in [0.2, 0.25) is 5.02 Å². The molecule has 1 aliphatic heterocycles. The van der Waals surface area contributed by atoms with Gasteiger partial charge < -0.3 is 11.1 Å². The van der Waals surface area contributed by atoms with Crippen LogP contribution in [-0.4, -0.2) is 12.5 Å². The summed E-state index contributed by atoms with van der Waals surface area (Å²) in [4.78, 5) is 11.3. The average Bonchev–Trinajstić information content (AvgIpc) is 2.15. The molecule has 1 aromatic carbocycles. The zero-order valence-corrected chi connectivity index (χ0v) is 8.34. The summed E-state index contributed by atoms with van der Waals surface area (Å²) in [5.41, 5.74) is 7.48. The lowest BCUT2D eigenvalue weighted by molar-refractivity contribution is -0.116. The van der Waals surface area contributed by atoms with Gasteiger partial charge in [-0.2, -0.15) is 0 Å². The van der Waals surface area contributed by atoms with E-state index in [0.717, 1.165) is 11.3 Å². The van der Waals surface area contributed by atoms with Gasteiger partial charge in [-0.25, -0.2) is 0 Å². The molecule has 74 valence electrons. The molecule has 14 heavy (non-hydrogen) atoms. The van der Waals surface area contributed by atoms with Crippen molar-refractivity contribution in [2.45, 2.75) is 12.3 Å².